The molecule has 82 valence electrons. The van der Waals surface area contributed by atoms with Crippen LogP contribution in [0, 0.1) is 0 Å². The van der Waals surface area contributed by atoms with Crippen molar-refractivity contribution >= 4 is 15.9 Å². The molecule has 3 nitrogen and oxygen atoms in total. The molecule has 0 heterocycles. The van der Waals surface area contributed by atoms with E-state index in [9.17, 15) is 0 Å². The van der Waals surface area contributed by atoms with E-state index in [2.05, 4.69) is 15.9 Å². The van der Waals surface area contributed by atoms with Crippen molar-refractivity contribution in [3.63, 3.8) is 0 Å². The van der Waals surface area contributed by atoms with Crippen LogP contribution >= 0.6 is 15.9 Å². The van der Waals surface area contributed by atoms with E-state index in [4.69, 9.17) is 15.2 Å². The van der Waals surface area contributed by atoms with E-state index in [-0.39, 0.29) is 6.04 Å². The van der Waals surface area contributed by atoms with Gasteiger partial charge in [-0.25, -0.2) is 0 Å². The summed E-state index contributed by atoms with van der Waals surface area (Å²) < 4.78 is 11.5. The van der Waals surface area contributed by atoms with Gasteiger partial charge in [0.05, 0.1) is 18.7 Å². The zero-order chi connectivity index (χ0) is 11.0. The standard InChI is InChI=1S/C11H14BrNO2/c1-14-10-5-8(12)11(15-2)4-7(10)6-3-9(6)13/h4-6,9H,3,13H2,1-2H3. The van der Waals surface area contributed by atoms with Crippen molar-refractivity contribution in [2.45, 2.75) is 18.4 Å². The van der Waals surface area contributed by atoms with E-state index < -0.39 is 0 Å². The van der Waals surface area contributed by atoms with Crippen LogP contribution in [0.15, 0.2) is 16.6 Å². The molecule has 2 rings (SSSR count). The van der Waals surface area contributed by atoms with Gasteiger partial charge in [0, 0.05) is 17.5 Å². The molecule has 0 saturated heterocycles. The number of hydrogen-bond donors (Lipinski definition) is 1. The Bertz CT molecular complexity index is 381. The summed E-state index contributed by atoms with van der Waals surface area (Å²) in [5.74, 6) is 2.12. The first kappa shape index (κ1) is 10.8. The Morgan fingerprint density at radius 3 is 2.33 bits per heavy atom. The van der Waals surface area contributed by atoms with Gasteiger partial charge in [-0.2, -0.15) is 0 Å². The highest BCUT2D eigenvalue weighted by molar-refractivity contribution is 9.10. The first-order valence-corrected chi connectivity index (χ1v) is 5.63. The van der Waals surface area contributed by atoms with E-state index in [0.29, 0.717) is 5.92 Å². The Labute approximate surface area is 97.7 Å². The van der Waals surface area contributed by atoms with Crippen molar-refractivity contribution < 1.29 is 9.47 Å². The zero-order valence-electron chi connectivity index (χ0n) is 8.79. The third-order valence-corrected chi connectivity index (χ3v) is 3.36. The first-order chi connectivity index (χ1) is 7.17. The molecule has 0 radical (unpaired) electrons. The van der Waals surface area contributed by atoms with Gasteiger partial charge in [-0.1, -0.05) is 0 Å². The smallest absolute Gasteiger partial charge is 0.133 e. The predicted octanol–water partition coefficient (Wildman–Crippen LogP) is 2.28. The molecule has 1 saturated carbocycles. The minimum absolute atomic E-state index is 0.268. The largest absolute Gasteiger partial charge is 0.496 e. The Morgan fingerprint density at radius 1 is 1.27 bits per heavy atom. The summed E-state index contributed by atoms with van der Waals surface area (Å²) in [7, 11) is 3.33. The van der Waals surface area contributed by atoms with Gasteiger partial charge in [0.15, 0.2) is 0 Å². The number of methoxy groups -OCH3 is 2. The second-order valence-electron chi connectivity index (χ2n) is 3.73. The second-order valence-corrected chi connectivity index (χ2v) is 4.59. The maximum absolute atomic E-state index is 5.84. The molecule has 0 aliphatic heterocycles. The molecule has 0 aromatic heterocycles. The highest BCUT2D eigenvalue weighted by Crippen LogP contribution is 2.46. The Hall–Kier alpha value is -0.740. The van der Waals surface area contributed by atoms with Crippen LogP contribution in [0.5, 0.6) is 11.5 Å². The minimum atomic E-state index is 0.268. The van der Waals surface area contributed by atoms with E-state index in [1.54, 1.807) is 14.2 Å². The van der Waals surface area contributed by atoms with Crippen molar-refractivity contribution in [1.29, 1.82) is 0 Å². The third-order valence-electron chi connectivity index (χ3n) is 2.74. The molecule has 0 spiro atoms. The number of benzene rings is 1. The SMILES string of the molecule is COc1cc(C2CC2N)c(OC)cc1Br. The highest BCUT2D eigenvalue weighted by Gasteiger charge is 2.37. The molecule has 1 fully saturated rings. The van der Waals surface area contributed by atoms with Crippen LogP contribution in [0.3, 0.4) is 0 Å². The van der Waals surface area contributed by atoms with Crippen molar-refractivity contribution in [1.82, 2.24) is 0 Å². The van der Waals surface area contributed by atoms with Gasteiger partial charge in [0.1, 0.15) is 11.5 Å². The molecule has 2 unspecified atom stereocenters. The molecule has 1 aliphatic carbocycles. The first-order valence-electron chi connectivity index (χ1n) is 4.84. The third kappa shape index (κ3) is 1.96. The van der Waals surface area contributed by atoms with Crippen molar-refractivity contribution in [3.8, 4) is 11.5 Å². The van der Waals surface area contributed by atoms with Crippen LogP contribution in [0.4, 0.5) is 0 Å². The van der Waals surface area contributed by atoms with Gasteiger partial charge in [-0.05, 0) is 34.5 Å². The van der Waals surface area contributed by atoms with Crippen LogP contribution in [0.25, 0.3) is 0 Å². The summed E-state index contributed by atoms with van der Waals surface area (Å²) >= 11 is 3.43. The Morgan fingerprint density at radius 2 is 1.87 bits per heavy atom. The summed E-state index contributed by atoms with van der Waals surface area (Å²) in [4.78, 5) is 0. The lowest BCUT2D eigenvalue weighted by molar-refractivity contribution is 0.396. The molecule has 0 amide bonds. The molecule has 15 heavy (non-hydrogen) atoms. The van der Waals surface area contributed by atoms with E-state index in [1.807, 2.05) is 12.1 Å². The topological polar surface area (TPSA) is 44.5 Å². The molecule has 1 aromatic rings. The zero-order valence-corrected chi connectivity index (χ0v) is 10.4. The van der Waals surface area contributed by atoms with Gasteiger partial charge in [-0.15, -0.1) is 0 Å². The average Bonchev–Trinajstić information content (AvgIpc) is 2.95. The average molecular weight is 272 g/mol. The molecule has 1 aliphatic rings. The van der Waals surface area contributed by atoms with E-state index in [1.165, 1.54) is 0 Å². The fourth-order valence-electron chi connectivity index (χ4n) is 1.75. The highest BCUT2D eigenvalue weighted by atomic mass is 79.9. The van der Waals surface area contributed by atoms with Crippen LogP contribution in [0.2, 0.25) is 0 Å². The van der Waals surface area contributed by atoms with E-state index >= 15 is 0 Å². The number of ether oxygens (including phenoxy) is 2. The second kappa shape index (κ2) is 4.02. The van der Waals surface area contributed by atoms with Crippen LogP contribution in [0.1, 0.15) is 17.9 Å². The lowest BCUT2D eigenvalue weighted by Gasteiger charge is -2.11. The van der Waals surface area contributed by atoms with Gasteiger partial charge in [0.25, 0.3) is 0 Å². The number of rotatable bonds is 3. The van der Waals surface area contributed by atoms with E-state index in [0.717, 1.165) is 28.0 Å². The van der Waals surface area contributed by atoms with Crippen molar-refractivity contribution in [3.05, 3.63) is 22.2 Å². The molecular weight excluding hydrogens is 258 g/mol. The number of hydrogen-bond acceptors (Lipinski definition) is 3. The summed E-state index contributed by atoms with van der Waals surface area (Å²) in [6.07, 6.45) is 1.03. The normalized spacial score (nSPS) is 23.7. The quantitative estimate of drug-likeness (QED) is 0.918. The fourth-order valence-corrected chi connectivity index (χ4v) is 2.23. The summed E-state index contributed by atoms with van der Waals surface area (Å²) in [5.41, 5.74) is 6.99. The molecule has 0 bridgehead atoms. The Balaban J connectivity index is 2.42. The lowest BCUT2D eigenvalue weighted by Crippen LogP contribution is -2.02. The van der Waals surface area contributed by atoms with Crippen molar-refractivity contribution in [2.75, 3.05) is 14.2 Å². The lowest BCUT2D eigenvalue weighted by atomic mass is 10.1. The maximum atomic E-state index is 5.84. The molecule has 2 N–H and O–H groups in total. The number of halogens is 1. The van der Waals surface area contributed by atoms with Gasteiger partial charge >= 0.3 is 0 Å². The van der Waals surface area contributed by atoms with Crippen LogP contribution in [-0.4, -0.2) is 20.3 Å². The summed E-state index contributed by atoms with van der Waals surface area (Å²) in [5, 5.41) is 0. The molecule has 4 heteroatoms. The fraction of sp³-hybridized carbons (Fsp3) is 0.455. The monoisotopic (exact) mass is 271 g/mol. The Kier molecular flexibility index (Phi) is 2.89. The van der Waals surface area contributed by atoms with Gasteiger partial charge in [0.2, 0.25) is 0 Å². The van der Waals surface area contributed by atoms with Crippen LogP contribution in [-0.2, 0) is 0 Å². The molecule has 1 aromatic carbocycles. The maximum Gasteiger partial charge on any atom is 0.133 e. The predicted molar refractivity (Wildman–Crippen MR) is 62.6 cm³/mol. The minimum Gasteiger partial charge on any atom is -0.496 e. The van der Waals surface area contributed by atoms with Gasteiger partial charge < -0.3 is 15.2 Å². The summed E-state index contributed by atoms with van der Waals surface area (Å²) in [6, 6.07) is 4.20. The molecular formula is C11H14BrNO2. The van der Waals surface area contributed by atoms with Gasteiger partial charge in [-0.3, -0.25) is 0 Å². The van der Waals surface area contributed by atoms with Crippen LogP contribution < -0.4 is 15.2 Å². The summed E-state index contributed by atoms with van der Waals surface area (Å²) in [6.45, 7) is 0. The molecule has 2 atom stereocenters. The number of nitrogens with two attached hydrogens (primary N) is 1. The van der Waals surface area contributed by atoms with Crippen molar-refractivity contribution in [2.24, 2.45) is 5.73 Å².